The van der Waals surface area contributed by atoms with Gasteiger partial charge in [-0.3, -0.25) is 4.40 Å². The van der Waals surface area contributed by atoms with Crippen LogP contribution in [0.2, 0.25) is 10.2 Å². The van der Waals surface area contributed by atoms with E-state index < -0.39 is 0 Å². The molecule has 0 saturated heterocycles. The molecule has 0 fully saturated rings. The maximum absolute atomic E-state index is 6.03. The molecule has 0 N–H and O–H groups in total. The Hall–Kier alpha value is -1.17. The summed E-state index contributed by atoms with van der Waals surface area (Å²) in [5.74, 6) is 1.39. The van der Waals surface area contributed by atoms with E-state index in [1.165, 1.54) is 0 Å². The molecule has 0 unspecified atom stereocenters. The number of aryl methyl sites for hydroxylation is 1. The summed E-state index contributed by atoms with van der Waals surface area (Å²) in [5, 5.41) is 9.34. The molecule has 0 aliphatic carbocycles. The number of rotatable bonds is 1. The fourth-order valence-corrected chi connectivity index (χ4v) is 2.71. The number of nitrogens with zero attached hydrogens (tertiary/aromatic N) is 4. The van der Waals surface area contributed by atoms with E-state index in [2.05, 4.69) is 31.1 Å². The van der Waals surface area contributed by atoms with Gasteiger partial charge in [-0.2, -0.15) is 0 Å². The Morgan fingerprint density at radius 2 is 1.95 bits per heavy atom. The van der Waals surface area contributed by atoms with E-state index in [0.717, 1.165) is 15.9 Å². The summed E-state index contributed by atoms with van der Waals surface area (Å²) in [7, 11) is 0. The van der Waals surface area contributed by atoms with Crippen molar-refractivity contribution in [2.75, 3.05) is 0 Å². The highest BCUT2D eigenvalue weighted by molar-refractivity contribution is 9.10. The molecule has 0 saturated carbocycles. The molecule has 0 atom stereocenters. The second-order valence-corrected chi connectivity index (χ2v) is 5.65. The molecule has 96 valence electrons. The summed E-state index contributed by atoms with van der Waals surface area (Å²) in [5.41, 5.74) is 1.51. The van der Waals surface area contributed by atoms with Crippen molar-refractivity contribution in [3.63, 3.8) is 0 Å². The monoisotopic (exact) mass is 356 g/mol. The average molecular weight is 358 g/mol. The van der Waals surface area contributed by atoms with Crippen molar-refractivity contribution >= 4 is 44.8 Å². The van der Waals surface area contributed by atoms with E-state index in [-0.39, 0.29) is 0 Å². The maximum atomic E-state index is 6.03. The molecule has 19 heavy (non-hydrogen) atoms. The molecule has 3 rings (SSSR count). The Balaban J connectivity index is 2.34. The Labute approximate surface area is 127 Å². The highest BCUT2D eigenvalue weighted by atomic mass is 79.9. The number of benzene rings is 1. The third-order valence-electron chi connectivity index (χ3n) is 2.70. The molecule has 0 aliphatic heterocycles. The molecule has 7 heteroatoms. The smallest absolute Gasteiger partial charge is 0.170 e. The third-order valence-corrected chi connectivity index (χ3v) is 3.82. The number of aromatic nitrogens is 4. The van der Waals surface area contributed by atoms with Gasteiger partial charge in [0.25, 0.3) is 0 Å². The van der Waals surface area contributed by atoms with Crippen molar-refractivity contribution in [2.45, 2.75) is 6.92 Å². The standard InChI is InChI=1S/C12H7BrCl2N4/c1-6-16-10(15)5-11-17-18-12(19(6)11)8-4-7(14)2-3-9(8)13/h2-5H,1H3. The van der Waals surface area contributed by atoms with Crippen molar-refractivity contribution in [3.05, 3.63) is 44.7 Å². The minimum Gasteiger partial charge on any atom is -0.263 e. The molecule has 0 radical (unpaired) electrons. The lowest BCUT2D eigenvalue weighted by Crippen LogP contribution is -1.98. The summed E-state index contributed by atoms with van der Waals surface area (Å²) < 4.78 is 2.73. The van der Waals surface area contributed by atoms with Crippen molar-refractivity contribution < 1.29 is 0 Å². The van der Waals surface area contributed by atoms with Gasteiger partial charge in [-0.15, -0.1) is 10.2 Å². The zero-order valence-corrected chi connectivity index (χ0v) is 12.8. The topological polar surface area (TPSA) is 43.1 Å². The molecule has 0 aliphatic rings. The van der Waals surface area contributed by atoms with Crippen LogP contribution in [0.15, 0.2) is 28.7 Å². The van der Waals surface area contributed by atoms with Gasteiger partial charge in [-0.1, -0.05) is 39.1 Å². The van der Waals surface area contributed by atoms with Gasteiger partial charge < -0.3 is 0 Å². The van der Waals surface area contributed by atoms with E-state index in [1.54, 1.807) is 12.1 Å². The number of hydrogen-bond acceptors (Lipinski definition) is 3. The molecule has 4 nitrogen and oxygen atoms in total. The van der Waals surface area contributed by atoms with Crippen molar-refractivity contribution in [1.29, 1.82) is 0 Å². The van der Waals surface area contributed by atoms with E-state index in [9.17, 15) is 0 Å². The van der Waals surface area contributed by atoms with Crippen LogP contribution in [0.25, 0.3) is 17.0 Å². The second-order valence-electron chi connectivity index (χ2n) is 3.97. The molecule has 1 aromatic carbocycles. The fourth-order valence-electron chi connectivity index (χ4n) is 1.90. The van der Waals surface area contributed by atoms with Crippen LogP contribution in [-0.4, -0.2) is 19.6 Å². The number of fused-ring (bicyclic) bond motifs is 1. The Morgan fingerprint density at radius 3 is 2.74 bits per heavy atom. The molecule has 3 aromatic rings. The van der Waals surface area contributed by atoms with Gasteiger partial charge in [0.1, 0.15) is 11.0 Å². The normalized spacial score (nSPS) is 11.2. The molecular formula is C12H7BrCl2N4. The van der Waals surface area contributed by atoms with E-state index in [1.807, 2.05) is 23.5 Å². The lowest BCUT2D eigenvalue weighted by Gasteiger charge is -2.06. The Morgan fingerprint density at radius 1 is 1.16 bits per heavy atom. The van der Waals surface area contributed by atoms with Gasteiger partial charge in [-0.25, -0.2) is 4.98 Å². The van der Waals surface area contributed by atoms with E-state index in [0.29, 0.717) is 21.6 Å². The second kappa shape index (κ2) is 4.74. The lowest BCUT2D eigenvalue weighted by molar-refractivity contribution is 0.988. The van der Waals surface area contributed by atoms with Gasteiger partial charge >= 0.3 is 0 Å². The van der Waals surface area contributed by atoms with Crippen LogP contribution in [-0.2, 0) is 0 Å². The van der Waals surface area contributed by atoms with Crippen LogP contribution in [0.3, 0.4) is 0 Å². The van der Waals surface area contributed by atoms with Gasteiger partial charge in [0, 0.05) is 21.1 Å². The summed E-state index contributed by atoms with van der Waals surface area (Å²) in [6.07, 6.45) is 0. The lowest BCUT2D eigenvalue weighted by atomic mass is 10.2. The van der Waals surface area contributed by atoms with Crippen molar-refractivity contribution in [3.8, 4) is 11.4 Å². The van der Waals surface area contributed by atoms with Crippen LogP contribution in [0.1, 0.15) is 5.82 Å². The highest BCUT2D eigenvalue weighted by Gasteiger charge is 2.14. The quantitative estimate of drug-likeness (QED) is 0.614. The van der Waals surface area contributed by atoms with Crippen LogP contribution in [0.5, 0.6) is 0 Å². The molecule has 0 bridgehead atoms. The molecular weight excluding hydrogens is 351 g/mol. The van der Waals surface area contributed by atoms with E-state index >= 15 is 0 Å². The average Bonchev–Trinajstić information content (AvgIpc) is 2.76. The van der Waals surface area contributed by atoms with Crippen molar-refractivity contribution in [2.24, 2.45) is 0 Å². The zero-order chi connectivity index (χ0) is 13.6. The summed E-state index contributed by atoms with van der Waals surface area (Å²) in [4.78, 5) is 4.21. The van der Waals surface area contributed by atoms with Crippen LogP contribution >= 0.6 is 39.1 Å². The number of hydrogen-bond donors (Lipinski definition) is 0. The summed E-state index contributed by atoms with van der Waals surface area (Å²) in [6.45, 7) is 1.85. The van der Waals surface area contributed by atoms with Gasteiger partial charge in [0.05, 0.1) is 0 Å². The van der Waals surface area contributed by atoms with Crippen LogP contribution < -0.4 is 0 Å². The summed E-state index contributed by atoms with van der Waals surface area (Å²) in [6, 6.07) is 7.18. The fraction of sp³-hybridized carbons (Fsp3) is 0.0833. The highest BCUT2D eigenvalue weighted by Crippen LogP contribution is 2.30. The molecule has 0 spiro atoms. The first-order valence-electron chi connectivity index (χ1n) is 5.40. The van der Waals surface area contributed by atoms with E-state index in [4.69, 9.17) is 23.2 Å². The molecule has 0 amide bonds. The molecule has 2 aromatic heterocycles. The molecule has 2 heterocycles. The SMILES string of the molecule is Cc1nc(Cl)cc2nnc(-c3cc(Cl)ccc3Br)n12. The van der Waals surface area contributed by atoms with Gasteiger partial charge in [0.15, 0.2) is 11.5 Å². The Bertz CT molecular complexity index is 785. The largest absolute Gasteiger partial charge is 0.263 e. The Kier molecular flexibility index (Phi) is 3.20. The van der Waals surface area contributed by atoms with Gasteiger partial charge in [-0.05, 0) is 25.1 Å². The van der Waals surface area contributed by atoms with Gasteiger partial charge in [0.2, 0.25) is 0 Å². The first kappa shape index (κ1) is 12.8. The maximum Gasteiger partial charge on any atom is 0.170 e. The summed E-state index contributed by atoms with van der Waals surface area (Å²) >= 11 is 15.4. The first-order valence-corrected chi connectivity index (χ1v) is 6.95. The van der Waals surface area contributed by atoms with Crippen LogP contribution in [0, 0.1) is 6.92 Å². The predicted molar refractivity (Wildman–Crippen MR) is 78.7 cm³/mol. The third kappa shape index (κ3) is 2.22. The first-order chi connectivity index (χ1) is 9.06. The zero-order valence-electron chi connectivity index (χ0n) is 9.73. The predicted octanol–water partition coefficient (Wildman–Crippen LogP) is 4.17. The van der Waals surface area contributed by atoms with Crippen LogP contribution in [0.4, 0.5) is 0 Å². The minimum atomic E-state index is 0.397. The number of halogens is 3. The minimum absolute atomic E-state index is 0.397. The van der Waals surface area contributed by atoms with Crippen molar-refractivity contribution in [1.82, 2.24) is 19.6 Å².